The van der Waals surface area contributed by atoms with Gasteiger partial charge in [0, 0.05) is 12.6 Å². The molecule has 0 bridgehead atoms. The molecule has 1 aliphatic rings. The first-order valence-electron chi connectivity index (χ1n) is 5.83. The van der Waals surface area contributed by atoms with Crippen molar-refractivity contribution >= 4 is 21.6 Å². The van der Waals surface area contributed by atoms with Gasteiger partial charge in [0.25, 0.3) is 0 Å². The van der Waals surface area contributed by atoms with Gasteiger partial charge in [-0.1, -0.05) is 11.6 Å². The second kappa shape index (κ2) is 5.47. The zero-order valence-corrected chi connectivity index (χ0v) is 11.7. The van der Waals surface area contributed by atoms with Gasteiger partial charge in [0.05, 0.1) is 23.3 Å². The molecular formula is C12H13ClN2O3S. The predicted molar refractivity (Wildman–Crippen MR) is 70.2 cm³/mol. The van der Waals surface area contributed by atoms with Crippen molar-refractivity contribution in [1.82, 2.24) is 4.31 Å². The van der Waals surface area contributed by atoms with E-state index in [9.17, 15) is 13.5 Å². The second-order valence-electron chi connectivity index (χ2n) is 4.35. The average Bonchev–Trinajstić information content (AvgIpc) is 2.88. The van der Waals surface area contributed by atoms with Crippen LogP contribution in [0.2, 0.25) is 5.02 Å². The molecule has 0 amide bonds. The molecule has 1 fully saturated rings. The number of nitriles is 1. The van der Waals surface area contributed by atoms with Crippen LogP contribution < -0.4 is 0 Å². The number of hydrogen-bond acceptors (Lipinski definition) is 4. The fraction of sp³-hybridized carbons (Fsp3) is 0.417. The Morgan fingerprint density at radius 1 is 1.53 bits per heavy atom. The zero-order valence-electron chi connectivity index (χ0n) is 10.1. The Labute approximate surface area is 117 Å². The minimum Gasteiger partial charge on any atom is -0.395 e. The Hall–Kier alpha value is -1.13. The van der Waals surface area contributed by atoms with E-state index in [2.05, 4.69) is 0 Å². The average molecular weight is 301 g/mol. The zero-order chi connectivity index (χ0) is 14.0. The van der Waals surface area contributed by atoms with Crippen LogP contribution in [0.1, 0.15) is 18.4 Å². The van der Waals surface area contributed by atoms with Gasteiger partial charge < -0.3 is 5.11 Å². The summed E-state index contributed by atoms with van der Waals surface area (Å²) in [5, 5.41) is 18.2. The van der Waals surface area contributed by atoms with Crippen molar-refractivity contribution in [2.24, 2.45) is 0 Å². The molecule has 1 heterocycles. The van der Waals surface area contributed by atoms with E-state index in [0.29, 0.717) is 19.4 Å². The van der Waals surface area contributed by atoms with Crippen molar-refractivity contribution < 1.29 is 13.5 Å². The topological polar surface area (TPSA) is 81.4 Å². The fourth-order valence-corrected chi connectivity index (χ4v) is 4.39. The number of aliphatic hydroxyl groups is 1. The lowest BCUT2D eigenvalue weighted by Crippen LogP contribution is -2.37. The Morgan fingerprint density at radius 3 is 2.89 bits per heavy atom. The summed E-state index contributed by atoms with van der Waals surface area (Å²) in [4.78, 5) is -0.0754. The molecule has 2 rings (SSSR count). The van der Waals surface area contributed by atoms with Crippen LogP contribution in [0.4, 0.5) is 0 Å². The Morgan fingerprint density at radius 2 is 2.26 bits per heavy atom. The Balaban J connectivity index is 2.48. The first-order chi connectivity index (χ1) is 9.00. The molecule has 1 aromatic carbocycles. The lowest BCUT2D eigenvalue weighted by atomic mass is 10.2. The quantitative estimate of drug-likeness (QED) is 0.914. The van der Waals surface area contributed by atoms with Gasteiger partial charge in [0.2, 0.25) is 10.0 Å². The summed E-state index contributed by atoms with van der Waals surface area (Å²) in [6.07, 6.45) is 1.34. The van der Waals surface area contributed by atoms with Gasteiger partial charge in [-0.15, -0.1) is 0 Å². The first kappa shape index (κ1) is 14.3. The standard InChI is InChI=1S/C12H13ClN2O3S/c13-11-4-3-9(7-14)6-12(11)19(17,18)15-5-1-2-10(15)8-16/h3-4,6,10,16H,1-2,5,8H2. The van der Waals surface area contributed by atoms with Gasteiger partial charge in [0.1, 0.15) is 4.90 Å². The van der Waals surface area contributed by atoms with E-state index < -0.39 is 16.1 Å². The van der Waals surface area contributed by atoms with Gasteiger partial charge in [-0.2, -0.15) is 9.57 Å². The molecule has 1 saturated heterocycles. The van der Waals surface area contributed by atoms with E-state index in [4.69, 9.17) is 16.9 Å². The van der Waals surface area contributed by atoms with E-state index >= 15 is 0 Å². The molecule has 1 N–H and O–H groups in total. The molecule has 19 heavy (non-hydrogen) atoms. The number of nitrogens with zero attached hydrogens (tertiary/aromatic N) is 2. The maximum Gasteiger partial charge on any atom is 0.244 e. The summed E-state index contributed by atoms with van der Waals surface area (Å²) in [6.45, 7) is 0.148. The molecule has 0 radical (unpaired) electrons. The molecule has 0 aromatic heterocycles. The van der Waals surface area contributed by atoms with Crippen molar-refractivity contribution in [2.45, 2.75) is 23.8 Å². The van der Waals surface area contributed by atoms with E-state index in [0.717, 1.165) is 0 Å². The number of hydrogen-bond donors (Lipinski definition) is 1. The highest BCUT2D eigenvalue weighted by molar-refractivity contribution is 7.89. The molecular weight excluding hydrogens is 288 g/mol. The minimum absolute atomic E-state index is 0.0754. The van der Waals surface area contributed by atoms with Crippen LogP contribution in [0, 0.1) is 11.3 Å². The molecule has 1 aromatic rings. The monoisotopic (exact) mass is 300 g/mol. The highest BCUT2D eigenvalue weighted by atomic mass is 35.5. The largest absolute Gasteiger partial charge is 0.395 e. The summed E-state index contributed by atoms with van der Waals surface area (Å²) < 4.78 is 26.3. The van der Waals surface area contributed by atoms with E-state index in [1.165, 1.54) is 22.5 Å². The Kier molecular flexibility index (Phi) is 4.11. The number of sulfonamides is 1. The van der Waals surface area contributed by atoms with E-state index in [-0.39, 0.29) is 22.1 Å². The van der Waals surface area contributed by atoms with Crippen LogP contribution in [0.5, 0.6) is 0 Å². The molecule has 5 nitrogen and oxygen atoms in total. The van der Waals surface area contributed by atoms with Gasteiger partial charge in [-0.3, -0.25) is 0 Å². The van der Waals surface area contributed by atoms with Crippen LogP contribution >= 0.6 is 11.6 Å². The molecule has 0 aliphatic carbocycles. The summed E-state index contributed by atoms with van der Waals surface area (Å²) >= 11 is 5.93. The maximum absolute atomic E-state index is 12.5. The van der Waals surface area contributed by atoms with Crippen molar-refractivity contribution in [3.8, 4) is 6.07 Å². The van der Waals surface area contributed by atoms with Crippen molar-refractivity contribution in [3.63, 3.8) is 0 Å². The minimum atomic E-state index is -3.77. The molecule has 0 spiro atoms. The van der Waals surface area contributed by atoms with Crippen LogP contribution in [0.15, 0.2) is 23.1 Å². The summed E-state index contributed by atoms with van der Waals surface area (Å²) in [5.74, 6) is 0. The fourth-order valence-electron chi connectivity index (χ4n) is 2.21. The SMILES string of the molecule is N#Cc1ccc(Cl)c(S(=O)(=O)N2CCCC2CO)c1. The normalized spacial score (nSPS) is 20.4. The van der Waals surface area contributed by atoms with Gasteiger partial charge >= 0.3 is 0 Å². The van der Waals surface area contributed by atoms with E-state index in [1.54, 1.807) is 0 Å². The van der Waals surface area contributed by atoms with Gasteiger partial charge in [0.15, 0.2) is 0 Å². The first-order valence-corrected chi connectivity index (χ1v) is 7.65. The molecule has 1 unspecified atom stereocenters. The van der Waals surface area contributed by atoms with Crippen LogP contribution in [0.25, 0.3) is 0 Å². The van der Waals surface area contributed by atoms with Crippen LogP contribution in [-0.4, -0.2) is 37.0 Å². The smallest absolute Gasteiger partial charge is 0.244 e. The lowest BCUT2D eigenvalue weighted by molar-refractivity contribution is 0.213. The molecule has 1 atom stereocenters. The Bertz CT molecular complexity index is 624. The van der Waals surface area contributed by atoms with Crippen LogP contribution in [0.3, 0.4) is 0 Å². The molecule has 102 valence electrons. The van der Waals surface area contributed by atoms with Gasteiger partial charge in [-0.05, 0) is 31.0 Å². The third kappa shape index (κ3) is 2.60. The highest BCUT2D eigenvalue weighted by Crippen LogP contribution is 2.30. The maximum atomic E-state index is 12.5. The van der Waals surface area contributed by atoms with Crippen molar-refractivity contribution in [2.75, 3.05) is 13.2 Å². The number of aliphatic hydroxyl groups excluding tert-OH is 1. The van der Waals surface area contributed by atoms with Crippen molar-refractivity contribution in [1.29, 1.82) is 5.26 Å². The highest BCUT2D eigenvalue weighted by Gasteiger charge is 2.36. The number of rotatable bonds is 3. The summed E-state index contributed by atoms with van der Waals surface area (Å²) in [7, 11) is -3.77. The molecule has 7 heteroatoms. The number of halogens is 1. The predicted octanol–water partition coefficient (Wildman–Crippen LogP) is 1.36. The second-order valence-corrected chi connectivity index (χ2v) is 6.62. The molecule has 1 aliphatic heterocycles. The molecule has 0 saturated carbocycles. The van der Waals surface area contributed by atoms with Crippen molar-refractivity contribution in [3.05, 3.63) is 28.8 Å². The number of benzene rings is 1. The summed E-state index contributed by atoms with van der Waals surface area (Å²) in [6, 6.07) is 5.62. The van der Waals surface area contributed by atoms with E-state index in [1.807, 2.05) is 6.07 Å². The third-order valence-corrected chi connectivity index (χ3v) is 5.61. The van der Waals surface area contributed by atoms with Crippen LogP contribution in [-0.2, 0) is 10.0 Å². The third-order valence-electron chi connectivity index (χ3n) is 3.18. The van der Waals surface area contributed by atoms with Gasteiger partial charge in [-0.25, -0.2) is 8.42 Å². The summed E-state index contributed by atoms with van der Waals surface area (Å²) in [5.41, 5.74) is 0.239. The lowest BCUT2D eigenvalue weighted by Gasteiger charge is -2.23.